The van der Waals surface area contributed by atoms with E-state index >= 15 is 0 Å². The van der Waals surface area contributed by atoms with Crippen molar-refractivity contribution in [2.75, 3.05) is 7.11 Å². The first-order valence-electron chi connectivity index (χ1n) is 8.41. The second-order valence-corrected chi connectivity index (χ2v) is 5.62. The second-order valence-electron chi connectivity index (χ2n) is 5.62. The van der Waals surface area contributed by atoms with Gasteiger partial charge in [-0.05, 0) is 61.4 Å². The van der Waals surface area contributed by atoms with Crippen molar-refractivity contribution in [1.82, 2.24) is 0 Å². The lowest BCUT2D eigenvalue weighted by Crippen LogP contribution is -2.13. The van der Waals surface area contributed by atoms with E-state index in [4.69, 9.17) is 14.2 Å². The van der Waals surface area contributed by atoms with Crippen LogP contribution in [0.1, 0.15) is 36.5 Å². The first-order chi connectivity index (χ1) is 12.2. The third kappa shape index (κ3) is 5.68. The fourth-order valence-corrected chi connectivity index (χ4v) is 2.28. The van der Waals surface area contributed by atoms with E-state index in [1.807, 2.05) is 6.08 Å². The maximum absolute atomic E-state index is 12.2. The molecule has 0 heterocycles. The average molecular weight is 340 g/mol. The predicted octanol–water partition coefficient (Wildman–Crippen LogP) is 5.04. The third-order valence-corrected chi connectivity index (χ3v) is 3.75. The van der Waals surface area contributed by atoms with Crippen LogP contribution < -0.4 is 14.2 Å². The van der Waals surface area contributed by atoms with Crippen LogP contribution in [0, 0.1) is 0 Å². The van der Waals surface area contributed by atoms with Crippen LogP contribution >= 0.6 is 0 Å². The summed E-state index contributed by atoms with van der Waals surface area (Å²) < 4.78 is 16.3. The number of carbonyl (C=O) groups excluding carboxylic acids is 1. The molecule has 1 unspecified atom stereocenters. The fraction of sp³-hybridized carbons (Fsp3) is 0.286. The van der Waals surface area contributed by atoms with Crippen molar-refractivity contribution in [2.45, 2.75) is 32.3 Å². The Morgan fingerprint density at radius 3 is 2.20 bits per heavy atom. The topological polar surface area (TPSA) is 44.8 Å². The molecule has 0 bridgehead atoms. The summed E-state index contributed by atoms with van der Waals surface area (Å²) in [6.07, 6.45) is 4.92. The molecule has 0 fully saturated rings. The van der Waals surface area contributed by atoms with Crippen LogP contribution in [0.5, 0.6) is 17.2 Å². The highest BCUT2D eigenvalue weighted by Crippen LogP contribution is 2.20. The van der Waals surface area contributed by atoms with Crippen LogP contribution in [0.25, 0.3) is 0 Å². The van der Waals surface area contributed by atoms with E-state index in [1.54, 1.807) is 55.6 Å². The van der Waals surface area contributed by atoms with E-state index < -0.39 is 5.97 Å². The van der Waals surface area contributed by atoms with Crippen LogP contribution in [-0.4, -0.2) is 19.2 Å². The van der Waals surface area contributed by atoms with E-state index in [9.17, 15) is 4.79 Å². The van der Waals surface area contributed by atoms with Gasteiger partial charge in [0.15, 0.2) is 0 Å². The Hall–Kier alpha value is -2.75. The van der Waals surface area contributed by atoms with E-state index in [1.165, 1.54) is 0 Å². The van der Waals surface area contributed by atoms with Crippen molar-refractivity contribution >= 4 is 5.97 Å². The SMILES string of the molecule is C=CC(CCCC)Oc1ccc(C(=O)Oc2ccc(OC)cc2)cc1. The summed E-state index contributed by atoms with van der Waals surface area (Å²) in [5.41, 5.74) is 0.465. The van der Waals surface area contributed by atoms with Crippen LogP contribution in [0.2, 0.25) is 0 Å². The monoisotopic (exact) mass is 340 g/mol. The van der Waals surface area contributed by atoms with Gasteiger partial charge in [-0.1, -0.05) is 26.0 Å². The number of hydrogen-bond acceptors (Lipinski definition) is 4. The maximum atomic E-state index is 12.2. The van der Waals surface area contributed by atoms with Gasteiger partial charge in [-0.25, -0.2) is 4.79 Å². The van der Waals surface area contributed by atoms with Crippen molar-refractivity contribution in [1.29, 1.82) is 0 Å². The highest BCUT2D eigenvalue weighted by molar-refractivity contribution is 5.91. The van der Waals surface area contributed by atoms with Crippen LogP contribution in [0.15, 0.2) is 61.2 Å². The molecule has 4 heteroatoms. The first kappa shape index (κ1) is 18.6. The van der Waals surface area contributed by atoms with Gasteiger partial charge in [-0.2, -0.15) is 0 Å². The molecule has 0 aromatic heterocycles. The first-order valence-corrected chi connectivity index (χ1v) is 8.41. The van der Waals surface area contributed by atoms with Crippen molar-refractivity contribution < 1.29 is 19.0 Å². The summed E-state index contributed by atoms with van der Waals surface area (Å²) >= 11 is 0. The smallest absolute Gasteiger partial charge is 0.343 e. The van der Waals surface area contributed by atoms with Gasteiger partial charge in [-0.15, -0.1) is 0 Å². The molecule has 4 nitrogen and oxygen atoms in total. The van der Waals surface area contributed by atoms with Gasteiger partial charge in [0.25, 0.3) is 0 Å². The minimum absolute atomic E-state index is 0.0166. The predicted molar refractivity (Wildman–Crippen MR) is 98.5 cm³/mol. The molecule has 0 aliphatic heterocycles. The summed E-state index contributed by atoms with van der Waals surface area (Å²) in [4.78, 5) is 12.2. The molecule has 0 saturated heterocycles. The van der Waals surface area contributed by atoms with Gasteiger partial charge in [0, 0.05) is 0 Å². The highest BCUT2D eigenvalue weighted by atomic mass is 16.5. The number of unbranched alkanes of at least 4 members (excludes halogenated alkanes) is 1. The van der Waals surface area contributed by atoms with Crippen LogP contribution in [0.4, 0.5) is 0 Å². The maximum Gasteiger partial charge on any atom is 0.343 e. The number of carbonyl (C=O) groups is 1. The summed E-state index contributed by atoms with van der Waals surface area (Å²) in [6, 6.07) is 13.8. The molecule has 1 atom stereocenters. The zero-order valence-corrected chi connectivity index (χ0v) is 14.7. The lowest BCUT2D eigenvalue weighted by atomic mass is 10.1. The quantitative estimate of drug-likeness (QED) is 0.364. The Balaban J connectivity index is 1.95. The lowest BCUT2D eigenvalue weighted by molar-refractivity contribution is 0.0734. The average Bonchev–Trinajstić information content (AvgIpc) is 2.66. The van der Waals surface area contributed by atoms with Crippen LogP contribution in [-0.2, 0) is 0 Å². The van der Waals surface area contributed by atoms with E-state index in [2.05, 4.69) is 13.5 Å². The highest BCUT2D eigenvalue weighted by Gasteiger charge is 2.10. The van der Waals surface area contributed by atoms with E-state index in [0.717, 1.165) is 19.3 Å². The normalized spacial score (nSPS) is 11.4. The minimum Gasteiger partial charge on any atom is -0.497 e. The summed E-state index contributed by atoms with van der Waals surface area (Å²) in [7, 11) is 1.59. The molecule has 0 aliphatic carbocycles. The van der Waals surface area contributed by atoms with Gasteiger partial charge in [0.2, 0.25) is 0 Å². The van der Waals surface area contributed by atoms with Crippen LogP contribution in [0.3, 0.4) is 0 Å². The van der Waals surface area contributed by atoms with Crippen molar-refractivity contribution in [3.05, 3.63) is 66.7 Å². The van der Waals surface area contributed by atoms with Crippen molar-refractivity contribution in [2.24, 2.45) is 0 Å². The Morgan fingerprint density at radius 1 is 1.04 bits per heavy atom. The second kappa shape index (κ2) is 9.52. The Kier molecular flexibility index (Phi) is 7.08. The van der Waals surface area contributed by atoms with Gasteiger partial charge in [-0.3, -0.25) is 0 Å². The number of benzene rings is 2. The number of rotatable bonds is 9. The number of methoxy groups -OCH3 is 1. The third-order valence-electron chi connectivity index (χ3n) is 3.75. The fourth-order valence-electron chi connectivity index (χ4n) is 2.28. The molecule has 25 heavy (non-hydrogen) atoms. The lowest BCUT2D eigenvalue weighted by Gasteiger charge is -2.15. The molecule has 0 amide bonds. The molecule has 2 aromatic rings. The molecule has 0 spiro atoms. The summed E-state index contributed by atoms with van der Waals surface area (Å²) in [5, 5.41) is 0. The molecule has 132 valence electrons. The zero-order chi connectivity index (χ0) is 18.1. The summed E-state index contributed by atoms with van der Waals surface area (Å²) in [5.74, 6) is 1.48. The molecular weight excluding hydrogens is 316 g/mol. The van der Waals surface area contributed by atoms with E-state index in [-0.39, 0.29) is 6.10 Å². The molecule has 0 N–H and O–H groups in total. The van der Waals surface area contributed by atoms with Gasteiger partial charge >= 0.3 is 5.97 Å². The van der Waals surface area contributed by atoms with Crippen molar-refractivity contribution in [3.8, 4) is 17.2 Å². The van der Waals surface area contributed by atoms with E-state index in [0.29, 0.717) is 22.8 Å². The number of hydrogen-bond donors (Lipinski definition) is 0. The molecular formula is C21H24O4. The standard InChI is InChI=1S/C21H24O4/c1-4-6-7-17(5-2)24-19-10-8-16(9-11-19)21(22)25-20-14-12-18(23-3)13-15-20/h5,8-15,17H,2,4,6-7H2,1,3H3. The molecule has 2 aromatic carbocycles. The number of ether oxygens (including phenoxy) is 3. The van der Waals surface area contributed by atoms with Gasteiger partial charge < -0.3 is 14.2 Å². The Morgan fingerprint density at radius 2 is 1.64 bits per heavy atom. The summed E-state index contributed by atoms with van der Waals surface area (Å²) in [6.45, 7) is 5.95. The number of esters is 1. The molecule has 0 aliphatic rings. The van der Waals surface area contributed by atoms with Crippen molar-refractivity contribution in [3.63, 3.8) is 0 Å². The largest absolute Gasteiger partial charge is 0.497 e. The molecule has 0 saturated carbocycles. The van der Waals surface area contributed by atoms with Gasteiger partial charge in [0.05, 0.1) is 12.7 Å². The zero-order valence-electron chi connectivity index (χ0n) is 14.7. The minimum atomic E-state index is -0.414. The molecule has 2 rings (SSSR count). The molecule has 0 radical (unpaired) electrons. The Labute approximate surface area is 149 Å². The van der Waals surface area contributed by atoms with Gasteiger partial charge in [0.1, 0.15) is 23.4 Å². The Bertz CT molecular complexity index is 674.